The van der Waals surface area contributed by atoms with Crippen LogP contribution in [-0.2, 0) is 25.0 Å². The van der Waals surface area contributed by atoms with Crippen molar-refractivity contribution in [2.24, 2.45) is 5.41 Å². The lowest BCUT2D eigenvalue weighted by molar-refractivity contribution is 0.0559. The number of ether oxygens (including phenoxy) is 1. The van der Waals surface area contributed by atoms with E-state index in [2.05, 4.69) is 59.7 Å². The van der Waals surface area contributed by atoms with Crippen molar-refractivity contribution in [2.45, 2.75) is 92.0 Å². The molecule has 4 nitrogen and oxygen atoms in total. The van der Waals surface area contributed by atoms with Crippen molar-refractivity contribution in [3.63, 3.8) is 0 Å². The maximum atomic E-state index is 10.4. The van der Waals surface area contributed by atoms with E-state index in [1.807, 2.05) is 18.2 Å². The molecule has 178 valence electrons. The highest BCUT2D eigenvalue weighted by atomic mass is 16.5. The van der Waals surface area contributed by atoms with Crippen molar-refractivity contribution < 1.29 is 20.1 Å². The molecule has 0 heterocycles. The molecule has 0 bridgehead atoms. The molecule has 2 aromatic rings. The van der Waals surface area contributed by atoms with Gasteiger partial charge in [0.25, 0.3) is 0 Å². The van der Waals surface area contributed by atoms with E-state index in [0.29, 0.717) is 17.9 Å². The van der Waals surface area contributed by atoms with E-state index in [4.69, 9.17) is 4.74 Å². The molecule has 0 aliphatic heterocycles. The molecule has 1 unspecified atom stereocenters. The summed E-state index contributed by atoms with van der Waals surface area (Å²) in [6, 6.07) is 12.2. The lowest BCUT2D eigenvalue weighted by Gasteiger charge is -2.33. The van der Waals surface area contributed by atoms with Gasteiger partial charge in [0.05, 0.1) is 25.9 Å². The fourth-order valence-corrected chi connectivity index (χ4v) is 4.19. The van der Waals surface area contributed by atoms with E-state index in [1.165, 1.54) is 16.7 Å². The van der Waals surface area contributed by atoms with Crippen molar-refractivity contribution in [3.05, 3.63) is 64.2 Å². The molecule has 2 aromatic carbocycles. The maximum absolute atomic E-state index is 10.4. The van der Waals surface area contributed by atoms with Crippen LogP contribution >= 0.6 is 0 Å². The van der Waals surface area contributed by atoms with Crippen LogP contribution in [0.4, 0.5) is 0 Å². The lowest BCUT2D eigenvalue weighted by Crippen LogP contribution is -2.32. The smallest absolute Gasteiger partial charge is 0.119 e. The number of aryl methyl sites for hydroxylation is 2. The summed E-state index contributed by atoms with van der Waals surface area (Å²) in [6.45, 7) is 13.1. The summed E-state index contributed by atoms with van der Waals surface area (Å²) in [4.78, 5) is 0. The Morgan fingerprint density at radius 1 is 0.875 bits per heavy atom. The SMILES string of the molecule is CCC(CC)(COc1ccc(CO)c(CO)c1)c1ccc(CCC(O)C(C)(C)C)c(C)c1. The predicted molar refractivity (Wildman–Crippen MR) is 131 cm³/mol. The topological polar surface area (TPSA) is 69.9 Å². The molecule has 0 aliphatic carbocycles. The molecular formula is C28H42O4. The first kappa shape index (κ1) is 26.4. The van der Waals surface area contributed by atoms with E-state index in [-0.39, 0.29) is 30.1 Å². The Labute approximate surface area is 194 Å². The fourth-order valence-electron chi connectivity index (χ4n) is 4.19. The van der Waals surface area contributed by atoms with Gasteiger partial charge in [-0.3, -0.25) is 0 Å². The summed E-state index contributed by atoms with van der Waals surface area (Å²) in [6.07, 6.45) is 3.21. The number of hydrogen-bond acceptors (Lipinski definition) is 4. The average molecular weight is 443 g/mol. The number of hydrogen-bond donors (Lipinski definition) is 3. The summed E-state index contributed by atoms with van der Waals surface area (Å²) < 4.78 is 6.21. The van der Waals surface area contributed by atoms with Crippen LogP contribution in [0.3, 0.4) is 0 Å². The Kier molecular flexibility index (Phi) is 9.32. The van der Waals surface area contributed by atoms with Gasteiger partial charge in [-0.1, -0.05) is 58.9 Å². The highest BCUT2D eigenvalue weighted by Gasteiger charge is 2.30. The molecule has 32 heavy (non-hydrogen) atoms. The molecule has 4 heteroatoms. The van der Waals surface area contributed by atoms with Crippen LogP contribution in [0.2, 0.25) is 0 Å². The monoisotopic (exact) mass is 442 g/mol. The largest absolute Gasteiger partial charge is 0.493 e. The highest BCUT2D eigenvalue weighted by Crippen LogP contribution is 2.34. The molecule has 0 aliphatic rings. The number of rotatable bonds is 11. The highest BCUT2D eigenvalue weighted by molar-refractivity contribution is 5.37. The van der Waals surface area contributed by atoms with Crippen LogP contribution in [-0.4, -0.2) is 28.0 Å². The minimum absolute atomic E-state index is 0.0948. The summed E-state index contributed by atoms with van der Waals surface area (Å²) in [5.74, 6) is 0.710. The first-order chi connectivity index (χ1) is 15.1. The number of aliphatic hydroxyl groups is 3. The fraction of sp³-hybridized carbons (Fsp3) is 0.571. The zero-order valence-electron chi connectivity index (χ0n) is 20.7. The minimum atomic E-state index is -0.318. The van der Waals surface area contributed by atoms with Gasteiger partial charge in [0.1, 0.15) is 5.75 Å². The summed E-state index contributed by atoms with van der Waals surface area (Å²) in [5, 5.41) is 29.4. The van der Waals surface area contributed by atoms with Crippen LogP contribution in [0, 0.1) is 12.3 Å². The Bertz CT molecular complexity index is 862. The summed E-state index contributed by atoms with van der Waals surface area (Å²) in [5.41, 5.74) is 5.02. The van der Waals surface area contributed by atoms with Crippen molar-refractivity contribution in [1.29, 1.82) is 0 Å². The van der Waals surface area contributed by atoms with Gasteiger partial charge in [0.15, 0.2) is 0 Å². The van der Waals surface area contributed by atoms with Crippen molar-refractivity contribution in [1.82, 2.24) is 0 Å². The second-order valence-corrected chi connectivity index (χ2v) is 10.1. The van der Waals surface area contributed by atoms with Gasteiger partial charge in [-0.25, -0.2) is 0 Å². The molecule has 0 aromatic heterocycles. The number of aliphatic hydroxyl groups excluding tert-OH is 3. The molecule has 1 atom stereocenters. The summed E-state index contributed by atoms with van der Waals surface area (Å²) in [7, 11) is 0. The zero-order chi connectivity index (χ0) is 23.9. The van der Waals surface area contributed by atoms with Gasteiger partial charge < -0.3 is 20.1 Å². The van der Waals surface area contributed by atoms with Crippen LogP contribution in [0.5, 0.6) is 5.75 Å². The van der Waals surface area contributed by atoms with Crippen LogP contribution < -0.4 is 4.74 Å². The van der Waals surface area contributed by atoms with Crippen molar-refractivity contribution >= 4 is 0 Å². The molecular weight excluding hydrogens is 400 g/mol. The minimum Gasteiger partial charge on any atom is -0.493 e. The van der Waals surface area contributed by atoms with E-state index in [9.17, 15) is 15.3 Å². The first-order valence-corrected chi connectivity index (χ1v) is 11.8. The van der Waals surface area contributed by atoms with Crippen LogP contribution in [0.15, 0.2) is 36.4 Å². The molecule has 0 fully saturated rings. The Balaban J connectivity index is 2.19. The molecule has 3 N–H and O–H groups in total. The Hall–Kier alpha value is -1.88. The van der Waals surface area contributed by atoms with E-state index in [0.717, 1.165) is 31.2 Å². The van der Waals surface area contributed by atoms with Gasteiger partial charge in [-0.15, -0.1) is 0 Å². The molecule has 0 amide bonds. The normalized spacial score (nSPS) is 13.3. The molecule has 2 rings (SSSR count). The predicted octanol–water partition coefficient (Wildman–Crippen LogP) is 5.46. The molecule has 0 spiro atoms. The van der Waals surface area contributed by atoms with Gasteiger partial charge in [0.2, 0.25) is 0 Å². The second-order valence-electron chi connectivity index (χ2n) is 10.1. The van der Waals surface area contributed by atoms with Gasteiger partial charge in [-0.05, 0) is 78.0 Å². The van der Waals surface area contributed by atoms with E-state index >= 15 is 0 Å². The third kappa shape index (κ3) is 6.34. The standard InChI is InChI=1S/C28H42O4/c1-7-28(8-2,19-32-25-13-10-22(17-29)23(16-25)18-30)24-12-9-21(20(3)15-24)11-14-26(31)27(4,5)6/h9-10,12-13,15-16,26,29-31H,7-8,11,14,17-19H2,1-6H3. The summed E-state index contributed by atoms with van der Waals surface area (Å²) >= 11 is 0. The third-order valence-corrected chi connectivity index (χ3v) is 7.03. The molecule has 0 radical (unpaired) electrons. The first-order valence-electron chi connectivity index (χ1n) is 11.8. The number of benzene rings is 2. The van der Waals surface area contributed by atoms with E-state index < -0.39 is 0 Å². The molecule has 0 saturated carbocycles. The maximum Gasteiger partial charge on any atom is 0.119 e. The third-order valence-electron chi connectivity index (χ3n) is 7.03. The van der Waals surface area contributed by atoms with Crippen LogP contribution in [0.25, 0.3) is 0 Å². The quantitative estimate of drug-likeness (QED) is 0.432. The van der Waals surface area contributed by atoms with Crippen LogP contribution in [0.1, 0.15) is 81.7 Å². The Morgan fingerprint density at radius 3 is 2.03 bits per heavy atom. The second kappa shape index (κ2) is 11.3. The van der Waals surface area contributed by atoms with Crippen molar-refractivity contribution in [2.75, 3.05) is 6.61 Å². The van der Waals surface area contributed by atoms with Gasteiger partial charge in [0, 0.05) is 5.41 Å². The van der Waals surface area contributed by atoms with Gasteiger partial charge in [-0.2, -0.15) is 0 Å². The van der Waals surface area contributed by atoms with E-state index in [1.54, 1.807) is 0 Å². The zero-order valence-corrected chi connectivity index (χ0v) is 20.7. The molecule has 0 saturated heterocycles. The average Bonchev–Trinajstić information content (AvgIpc) is 2.78. The Morgan fingerprint density at radius 2 is 1.50 bits per heavy atom. The van der Waals surface area contributed by atoms with Crippen molar-refractivity contribution in [3.8, 4) is 5.75 Å². The lowest BCUT2D eigenvalue weighted by atomic mass is 9.75. The van der Waals surface area contributed by atoms with Gasteiger partial charge >= 0.3 is 0 Å².